The van der Waals surface area contributed by atoms with E-state index in [2.05, 4.69) is 16.1 Å². The molecule has 0 aromatic heterocycles. The van der Waals surface area contributed by atoms with Crippen LogP contribution in [0, 0.1) is 12.0 Å². The van der Waals surface area contributed by atoms with Crippen LogP contribution in [0.4, 0.5) is 0 Å². The van der Waals surface area contributed by atoms with Gasteiger partial charge in [-0.15, -0.1) is 12.0 Å². The molecule has 0 unspecified atom stereocenters. The molecule has 4 heteroatoms. The zero-order valence-electron chi connectivity index (χ0n) is 4.49. The van der Waals surface area contributed by atoms with Crippen molar-refractivity contribution in [3.8, 4) is 12.0 Å². The Bertz CT molecular complexity index is 38.5. The molecule has 0 spiro atoms. The third kappa shape index (κ3) is 1440. The van der Waals surface area contributed by atoms with Crippen LogP contribution in [0.5, 0.6) is 0 Å². The first-order valence-electron chi connectivity index (χ1n) is 1.61. The van der Waals surface area contributed by atoms with Gasteiger partial charge in [-0.2, -0.15) is 0 Å². The van der Waals surface area contributed by atoms with Gasteiger partial charge in [0.15, 0.2) is 0 Å². The van der Waals surface area contributed by atoms with Gasteiger partial charge < -0.3 is 4.12 Å². The molecule has 0 saturated carbocycles. The quantitative estimate of drug-likeness (QED) is 0.247. The van der Waals surface area contributed by atoms with Crippen molar-refractivity contribution < 1.29 is 4.12 Å². The molecule has 0 aliphatic heterocycles. The fourth-order valence-corrected chi connectivity index (χ4v) is 0. The summed E-state index contributed by atoms with van der Waals surface area (Å²) in [5.74, 6) is 0. The van der Waals surface area contributed by atoms with Crippen LogP contribution in [0.15, 0.2) is 0 Å². The summed E-state index contributed by atoms with van der Waals surface area (Å²) in [6, 6.07) is 0. The minimum atomic E-state index is 0.897. The lowest BCUT2D eigenvalue weighted by Crippen LogP contribution is -1.65. The molecule has 36 valence electrons. The molecular weight excluding hydrogens is 124 g/mol. The van der Waals surface area contributed by atoms with Crippen molar-refractivity contribution in [2.45, 2.75) is 0 Å². The Morgan fingerprint density at radius 1 is 1.50 bits per heavy atom. The molecule has 6 heavy (non-hydrogen) atoms. The SMILES string of the molecule is C#C[SiH3].[SiH3]O[SiH3]. The minimum absolute atomic E-state index is 0.897. The molecule has 0 radical (unpaired) electrons. The van der Waals surface area contributed by atoms with Gasteiger partial charge in [-0.1, -0.05) is 0 Å². The molecule has 0 aliphatic rings. The second-order valence-corrected chi connectivity index (χ2v) is 4.54. The standard InChI is InChI=1S/C2H4Si.H6OSi2/c1-2-3;2-1-3/h1H,3H3;2-3H3. The first-order valence-corrected chi connectivity index (χ1v) is 4.24. The Kier molecular flexibility index (Phi) is 30.2. The predicted molar refractivity (Wildman–Crippen MR) is 39.7 cm³/mol. The van der Waals surface area contributed by atoms with Crippen molar-refractivity contribution in [2.24, 2.45) is 0 Å². The molecule has 1 nitrogen and oxygen atoms in total. The van der Waals surface area contributed by atoms with E-state index in [1.807, 2.05) is 0 Å². The molecule has 0 N–H and O–H groups in total. The predicted octanol–water partition coefficient (Wildman–Crippen LogP) is -3.49. The van der Waals surface area contributed by atoms with E-state index in [0.717, 1.165) is 31.2 Å². The van der Waals surface area contributed by atoms with Gasteiger partial charge in [-0.3, -0.25) is 0 Å². The van der Waals surface area contributed by atoms with E-state index in [9.17, 15) is 0 Å². The summed E-state index contributed by atoms with van der Waals surface area (Å²) in [4.78, 5) is 0. The summed E-state index contributed by atoms with van der Waals surface area (Å²) in [7, 11) is 2.76. The molecule has 0 rings (SSSR count). The first kappa shape index (κ1) is 9.48. The molecule has 0 aromatic rings. The lowest BCUT2D eigenvalue weighted by Gasteiger charge is -1.62. The Balaban J connectivity index is 0. The molecule has 0 atom stereocenters. The van der Waals surface area contributed by atoms with Gasteiger partial charge in [-0.05, 0) is 0 Å². The minimum Gasteiger partial charge on any atom is -0.471 e. The summed E-state index contributed by atoms with van der Waals surface area (Å²) in [6.07, 6.45) is 4.66. The summed E-state index contributed by atoms with van der Waals surface area (Å²) in [6.45, 7) is 0. The molecular formula is C2H10OSi3. The van der Waals surface area contributed by atoms with Crippen LogP contribution in [0.2, 0.25) is 0 Å². The zero-order valence-corrected chi connectivity index (χ0v) is 10.5. The number of rotatable bonds is 0. The summed E-state index contributed by atoms with van der Waals surface area (Å²) in [5, 5.41) is 0. The second kappa shape index (κ2) is 19.1. The van der Waals surface area contributed by atoms with Crippen LogP contribution < -0.4 is 0 Å². The van der Waals surface area contributed by atoms with Crippen molar-refractivity contribution in [1.29, 1.82) is 0 Å². The highest BCUT2D eigenvalue weighted by molar-refractivity contribution is 6.21. The fourth-order valence-electron chi connectivity index (χ4n) is 0. The van der Waals surface area contributed by atoms with E-state index in [-0.39, 0.29) is 0 Å². The van der Waals surface area contributed by atoms with Crippen molar-refractivity contribution in [3.05, 3.63) is 0 Å². The van der Waals surface area contributed by atoms with E-state index in [1.54, 1.807) is 0 Å². The highest BCUT2D eigenvalue weighted by atomic mass is 28.3. The van der Waals surface area contributed by atoms with Crippen LogP contribution in [0.3, 0.4) is 0 Å². The maximum absolute atomic E-state index is 4.66. The molecule has 0 amide bonds. The topological polar surface area (TPSA) is 9.23 Å². The lowest BCUT2D eigenvalue weighted by molar-refractivity contribution is 0.690. The van der Waals surface area contributed by atoms with Crippen LogP contribution in [-0.2, 0) is 4.12 Å². The Labute approximate surface area is 48.0 Å². The van der Waals surface area contributed by atoms with Crippen molar-refractivity contribution in [3.63, 3.8) is 0 Å². The average Bonchev–Trinajstić information content (AvgIpc) is 1.39. The van der Waals surface area contributed by atoms with Crippen LogP contribution in [-0.4, -0.2) is 31.2 Å². The fraction of sp³-hybridized carbons (Fsp3) is 0. The summed E-state index contributed by atoms with van der Waals surface area (Å²) < 4.78 is 4.53. The van der Waals surface area contributed by atoms with Crippen LogP contribution in [0.25, 0.3) is 0 Å². The average molecular weight is 134 g/mol. The third-order valence-corrected chi connectivity index (χ3v) is 0. The molecule has 0 aromatic carbocycles. The number of hydrogen-bond donors (Lipinski definition) is 0. The molecule has 0 aliphatic carbocycles. The van der Waals surface area contributed by atoms with Crippen molar-refractivity contribution in [1.82, 2.24) is 0 Å². The molecule has 0 saturated heterocycles. The zero-order chi connectivity index (χ0) is 5.41. The maximum atomic E-state index is 4.66. The van der Waals surface area contributed by atoms with E-state index in [1.165, 1.54) is 0 Å². The Morgan fingerprint density at radius 3 is 1.50 bits per heavy atom. The molecule has 0 bridgehead atoms. The van der Waals surface area contributed by atoms with E-state index >= 15 is 0 Å². The van der Waals surface area contributed by atoms with Gasteiger partial charge in [0.1, 0.15) is 21.0 Å². The second-order valence-electron chi connectivity index (χ2n) is 0.697. The lowest BCUT2D eigenvalue weighted by atomic mass is 11.4. The first-order chi connectivity index (χ1) is 2.83. The van der Waals surface area contributed by atoms with Crippen LogP contribution in [0.1, 0.15) is 0 Å². The maximum Gasteiger partial charge on any atom is 0.129 e. The third-order valence-electron chi connectivity index (χ3n) is 0. The number of terminal acetylenes is 1. The van der Waals surface area contributed by atoms with E-state index in [0.29, 0.717) is 0 Å². The van der Waals surface area contributed by atoms with Gasteiger partial charge in [-0.25, -0.2) is 0 Å². The van der Waals surface area contributed by atoms with Crippen molar-refractivity contribution >= 4 is 31.2 Å². The molecule has 0 heterocycles. The highest BCUT2D eigenvalue weighted by Gasteiger charge is 1.28. The largest absolute Gasteiger partial charge is 0.471 e. The summed E-state index contributed by atoms with van der Waals surface area (Å²) >= 11 is 0. The van der Waals surface area contributed by atoms with E-state index in [4.69, 9.17) is 0 Å². The normalized spacial score (nSPS) is 5.83. The van der Waals surface area contributed by atoms with Gasteiger partial charge >= 0.3 is 0 Å². The van der Waals surface area contributed by atoms with Crippen molar-refractivity contribution in [2.75, 3.05) is 0 Å². The van der Waals surface area contributed by atoms with Gasteiger partial charge in [0.25, 0.3) is 0 Å². The molecule has 0 fully saturated rings. The highest BCUT2D eigenvalue weighted by Crippen LogP contribution is 1.20. The Morgan fingerprint density at radius 2 is 1.50 bits per heavy atom. The van der Waals surface area contributed by atoms with Gasteiger partial charge in [0, 0.05) is 0 Å². The van der Waals surface area contributed by atoms with Gasteiger partial charge in [0.2, 0.25) is 0 Å². The monoisotopic (exact) mass is 134 g/mol. The smallest absolute Gasteiger partial charge is 0.129 e. The van der Waals surface area contributed by atoms with Gasteiger partial charge in [0.05, 0.1) is 10.2 Å². The van der Waals surface area contributed by atoms with Crippen LogP contribution >= 0.6 is 0 Å². The van der Waals surface area contributed by atoms with E-state index < -0.39 is 0 Å². The Hall–Kier alpha value is 0.171. The summed E-state index contributed by atoms with van der Waals surface area (Å²) in [5.41, 5.74) is 2.39. The number of hydrogen-bond acceptors (Lipinski definition) is 1.